The topological polar surface area (TPSA) is 132 Å². The Bertz CT molecular complexity index is 1230. The van der Waals surface area contributed by atoms with Gasteiger partial charge >= 0.3 is 23.9 Å². The second-order valence-corrected chi connectivity index (χ2v) is 10.8. The third-order valence-corrected chi connectivity index (χ3v) is 7.29. The van der Waals surface area contributed by atoms with E-state index in [0.717, 1.165) is 18.7 Å². The largest absolute Gasteiger partial charge is 0.475 e. The SMILES string of the molecule is CC(=O)OC[C@@H]1S[C@H](Oc2ccc(Br)cc2C(=O)c2ccccc2)[C@H](OC(C)=O)[C@@H](OC(C)=O)[C@@H]1OC(C)=O. The molecule has 2 aromatic carbocycles. The predicted molar refractivity (Wildman–Crippen MR) is 143 cm³/mol. The summed E-state index contributed by atoms with van der Waals surface area (Å²) in [6.45, 7) is 4.49. The number of hydrogen-bond donors (Lipinski definition) is 0. The summed E-state index contributed by atoms with van der Waals surface area (Å²) >= 11 is 4.43. The predicted octanol–water partition coefficient (Wildman–Crippen LogP) is 3.86. The highest BCUT2D eigenvalue weighted by Crippen LogP contribution is 2.40. The first kappa shape index (κ1) is 30.2. The second kappa shape index (κ2) is 13.6. The summed E-state index contributed by atoms with van der Waals surface area (Å²) < 4.78 is 28.6. The Labute approximate surface area is 237 Å². The number of carbonyl (C=O) groups is 5. The van der Waals surface area contributed by atoms with Crippen LogP contribution in [0.1, 0.15) is 43.6 Å². The van der Waals surface area contributed by atoms with Crippen LogP contribution in [0.15, 0.2) is 53.0 Å². The van der Waals surface area contributed by atoms with Crippen molar-refractivity contribution in [2.75, 3.05) is 6.61 Å². The molecule has 0 radical (unpaired) electrons. The third-order valence-electron chi connectivity index (χ3n) is 5.41. The van der Waals surface area contributed by atoms with Crippen molar-refractivity contribution in [2.45, 2.75) is 56.7 Å². The molecule has 0 unspecified atom stereocenters. The summed E-state index contributed by atoms with van der Waals surface area (Å²) in [5.41, 5.74) is -0.414. The molecular weight excluding hydrogens is 596 g/mol. The van der Waals surface area contributed by atoms with E-state index < -0.39 is 52.9 Å². The lowest BCUT2D eigenvalue weighted by Crippen LogP contribution is -2.59. The van der Waals surface area contributed by atoms with Gasteiger partial charge in [-0.1, -0.05) is 46.3 Å². The highest BCUT2D eigenvalue weighted by atomic mass is 79.9. The van der Waals surface area contributed by atoms with Crippen molar-refractivity contribution >= 4 is 57.4 Å². The molecule has 10 nitrogen and oxygen atoms in total. The fraction of sp³-hybridized carbons (Fsp3) is 0.370. The summed E-state index contributed by atoms with van der Waals surface area (Å²) in [4.78, 5) is 61.1. The van der Waals surface area contributed by atoms with Gasteiger partial charge < -0.3 is 23.7 Å². The van der Waals surface area contributed by atoms with Gasteiger partial charge in [0.1, 0.15) is 12.4 Å². The summed E-state index contributed by atoms with van der Waals surface area (Å²) in [5, 5.41) is -0.775. The molecule has 39 heavy (non-hydrogen) atoms. The zero-order valence-corrected chi connectivity index (χ0v) is 24.0. The molecule has 2 aromatic rings. The average molecular weight is 623 g/mol. The van der Waals surface area contributed by atoms with Crippen molar-refractivity contribution in [3.63, 3.8) is 0 Å². The van der Waals surface area contributed by atoms with E-state index in [1.165, 1.54) is 20.8 Å². The number of carbonyl (C=O) groups excluding carboxylic acids is 5. The third kappa shape index (κ3) is 8.30. The maximum absolute atomic E-state index is 13.4. The molecule has 0 saturated carbocycles. The fourth-order valence-corrected chi connectivity index (χ4v) is 5.68. The van der Waals surface area contributed by atoms with E-state index in [4.69, 9.17) is 23.7 Å². The summed E-state index contributed by atoms with van der Waals surface area (Å²) in [6, 6.07) is 13.4. The van der Waals surface area contributed by atoms with Crippen LogP contribution < -0.4 is 4.74 Å². The summed E-state index contributed by atoms with van der Waals surface area (Å²) in [7, 11) is 0. The molecule has 12 heteroatoms. The Kier molecular flexibility index (Phi) is 10.5. The molecule has 0 spiro atoms. The molecule has 0 bridgehead atoms. The highest BCUT2D eigenvalue weighted by molar-refractivity contribution is 9.10. The van der Waals surface area contributed by atoms with Gasteiger partial charge in [-0.2, -0.15) is 0 Å². The van der Waals surface area contributed by atoms with Crippen molar-refractivity contribution < 1.29 is 47.7 Å². The van der Waals surface area contributed by atoms with Gasteiger partial charge in [0, 0.05) is 37.7 Å². The number of halogens is 1. The quantitative estimate of drug-likeness (QED) is 0.229. The van der Waals surface area contributed by atoms with E-state index in [9.17, 15) is 24.0 Å². The summed E-state index contributed by atoms with van der Waals surface area (Å²) in [5.74, 6) is -2.85. The maximum Gasteiger partial charge on any atom is 0.303 e. The van der Waals surface area contributed by atoms with Gasteiger partial charge in [0.15, 0.2) is 29.5 Å². The van der Waals surface area contributed by atoms with Crippen LogP contribution >= 0.6 is 27.7 Å². The van der Waals surface area contributed by atoms with Crippen molar-refractivity contribution in [1.82, 2.24) is 0 Å². The normalized spacial score (nSPS) is 22.2. The number of ketones is 1. The number of ether oxygens (including phenoxy) is 5. The fourth-order valence-electron chi connectivity index (χ4n) is 3.94. The standard InChI is InChI=1S/C27H27BrO10S/c1-14(29)34-13-22-24(35-15(2)30)25(36-16(3)31)26(37-17(4)32)27(39-22)38-21-11-10-19(28)12-20(21)23(33)18-8-6-5-7-9-18/h5-12,22,24-27H,13H2,1-4H3/t22-,24+,25-,26+,27-/m0/s1. The van der Waals surface area contributed by atoms with Crippen LogP contribution in [-0.4, -0.2) is 65.3 Å². The molecule has 1 aliphatic heterocycles. The molecule has 0 amide bonds. The molecule has 1 fully saturated rings. The van der Waals surface area contributed by atoms with E-state index in [0.29, 0.717) is 10.0 Å². The number of esters is 4. The molecular formula is C27H27BrO10S. The van der Waals surface area contributed by atoms with E-state index in [-0.39, 0.29) is 23.7 Å². The molecule has 1 saturated heterocycles. The minimum atomic E-state index is -1.30. The maximum atomic E-state index is 13.4. The van der Waals surface area contributed by atoms with E-state index in [2.05, 4.69) is 15.9 Å². The van der Waals surface area contributed by atoms with E-state index >= 15 is 0 Å². The number of thioether (sulfide) groups is 1. The lowest BCUT2D eigenvalue weighted by Gasteiger charge is -2.43. The van der Waals surface area contributed by atoms with Crippen molar-refractivity contribution in [3.8, 4) is 5.75 Å². The average Bonchev–Trinajstić information content (AvgIpc) is 2.86. The molecule has 1 aliphatic rings. The van der Waals surface area contributed by atoms with Gasteiger partial charge in [-0.15, -0.1) is 11.8 Å². The second-order valence-electron chi connectivity index (χ2n) is 8.52. The monoisotopic (exact) mass is 622 g/mol. The smallest absolute Gasteiger partial charge is 0.303 e. The molecule has 0 aromatic heterocycles. The first-order valence-electron chi connectivity index (χ1n) is 11.8. The van der Waals surface area contributed by atoms with Crippen LogP contribution in [0.4, 0.5) is 0 Å². The van der Waals surface area contributed by atoms with Crippen LogP contribution in [0, 0.1) is 0 Å². The Morgan fingerprint density at radius 3 is 1.95 bits per heavy atom. The van der Waals surface area contributed by atoms with Crippen molar-refractivity contribution in [1.29, 1.82) is 0 Å². The lowest BCUT2D eigenvalue weighted by molar-refractivity contribution is -0.190. The van der Waals surface area contributed by atoms with E-state index in [1.54, 1.807) is 48.5 Å². The number of rotatable bonds is 9. The van der Waals surface area contributed by atoms with Crippen LogP contribution in [-0.2, 0) is 38.1 Å². The Morgan fingerprint density at radius 1 is 0.769 bits per heavy atom. The Hall–Kier alpha value is -3.38. The molecule has 208 valence electrons. The first-order chi connectivity index (χ1) is 18.5. The van der Waals surface area contributed by atoms with Crippen LogP contribution in [0.3, 0.4) is 0 Å². The van der Waals surface area contributed by atoms with Gasteiger partial charge in [-0.25, -0.2) is 0 Å². The molecule has 3 rings (SSSR count). The van der Waals surface area contributed by atoms with Gasteiger partial charge in [0.2, 0.25) is 0 Å². The number of hydrogen-bond acceptors (Lipinski definition) is 11. The van der Waals surface area contributed by atoms with Crippen LogP contribution in [0.5, 0.6) is 5.75 Å². The highest BCUT2D eigenvalue weighted by Gasteiger charge is 2.53. The first-order valence-corrected chi connectivity index (χ1v) is 13.6. The minimum Gasteiger partial charge on any atom is -0.475 e. The molecule has 5 atom stereocenters. The molecule has 0 aliphatic carbocycles. The van der Waals surface area contributed by atoms with Gasteiger partial charge in [0.05, 0.1) is 10.8 Å². The summed E-state index contributed by atoms with van der Waals surface area (Å²) in [6.07, 6.45) is -3.70. The van der Waals surface area contributed by atoms with Crippen LogP contribution in [0.2, 0.25) is 0 Å². The Morgan fingerprint density at radius 2 is 1.36 bits per heavy atom. The van der Waals surface area contributed by atoms with Crippen molar-refractivity contribution in [3.05, 3.63) is 64.1 Å². The zero-order chi connectivity index (χ0) is 28.7. The molecule has 0 N–H and O–H groups in total. The van der Waals surface area contributed by atoms with Crippen LogP contribution in [0.25, 0.3) is 0 Å². The Balaban J connectivity index is 2.06. The number of benzene rings is 2. The zero-order valence-electron chi connectivity index (χ0n) is 21.6. The van der Waals surface area contributed by atoms with Gasteiger partial charge in [-0.05, 0) is 18.2 Å². The van der Waals surface area contributed by atoms with Gasteiger partial charge in [0.25, 0.3) is 0 Å². The van der Waals surface area contributed by atoms with Gasteiger partial charge in [-0.3, -0.25) is 24.0 Å². The van der Waals surface area contributed by atoms with Crippen molar-refractivity contribution in [2.24, 2.45) is 0 Å². The minimum absolute atomic E-state index is 0.167. The molecule has 1 heterocycles. The lowest BCUT2D eigenvalue weighted by atomic mass is 10.0. The van der Waals surface area contributed by atoms with E-state index in [1.807, 2.05) is 0 Å².